The third-order valence-corrected chi connectivity index (χ3v) is 5.51. The van der Waals surface area contributed by atoms with Gasteiger partial charge >= 0.3 is 0 Å². The molecule has 0 saturated heterocycles. The van der Waals surface area contributed by atoms with Crippen molar-refractivity contribution < 1.29 is 9.15 Å². The summed E-state index contributed by atoms with van der Waals surface area (Å²) in [5.74, 6) is 1.58. The zero-order valence-electron chi connectivity index (χ0n) is 15.9. The lowest BCUT2D eigenvalue weighted by Crippen LogP contribution is -2.30. The van der Waals surface area contributed by atoms with Crippen LogP contribution in [-0.2, 0) is 19.5 Å². The summed E-state index contributed by atoms with van der Waals surface area (Å²) in [6.45, 7) is 2.94. The Labute approximate surface area is 164 Å². The fraction of sp³-hybridized carbons (Fsp3) is 0.208. The van der Waals surface area contributed by atoms with Gasteiger partial charge in [-0.2, -0.15) is 0 Å². The molecule has 0 saturated carbocycles. The topological polar surface area (TPSA) is 38.5 Å². The molecule has 0 bridgehead atoms. The summed E-state index contributed by atoms with van der Waals surface area (Å²) in [6, 6.07) is 19.0. The van der Waals surface area contributed by atoms with Gasteiger partial charge < -0.3 is 9.15 Å². The van der Waals surface area contributed by atoms with E-state index in [1.807, 2.05) is 24.4 Å². The van der Waals surface area contributed by atoms with Crippen LogP contribution in [0.5, 0.6) is 5.75 Å². The van der Waals surface area contributed by atoms with Crippen LogP contribution in [-0.4, -0.2) is 23.5 Å². The summed E-state index contributed by atoms with van der Waals surface area (Å²) in [5.41, 5.74) is 5.94. The smallest absolute Gasteiger partial charge is 0.176 e. The monoisotopic (exact) mass is 370 g/mol. The van der Waals surface area contributed by atoms with Crippen molar-refractivity contribution in [2.24, 2.45) is 0 Å². The van der Waals surface area contributed by atoms with Gasteiger partial charge in [-0.1, -0.05) is 30.3 Å². The fourth-order valence-electron chi connectivity index (χ4n) is 4.03. The Morgan fingerprint density at radius 1 is 1.07 bits per heavy atom. The molecule has 0 N–H and O–H groups in total. The van der Waals surface area contributed by atoms with E-state index in [1.165, 1.54) is 16.7 Å². The highest BCUT2D eigenvalue weighted by Crippen LogP contribution is 2.36. The first kappa shape index (κ1) is 17.0. The summed E-state index contributed by atoms with van der Waals surface area (Å²) in [4.78, 5) is 6.71. The predicted octanol–water partition coefficient (Wildman–Crippen LogP) is 5.06. The van der Waals surface area contributed by atoms with Crippen LogP contribution in [0.25, 0.3) is 22.3 Å². The third-order valence-electron chi connectivity index (χ3n) is 5.51. The molecule has 0 spiro atoms. The molecule has 1 aliphatic rings. The third kappa shape index (κ3) is 3.06. The van der Waals surface area contributed by atoms with Crippen molar-refractivity contribution in [3.8, 4) is 17.1 Å². The van der Waals surface area contributed by atoms with Gasteiger partial charge in [-0.3, -0.25) is 9.88 Å². The van der Waals surface area contributed by atoms with Crippen molar-refractivity contribution in [2.45, 2.75) is 19.5 Å². The molecular formula is C24H22N2O2. The van der Waals surface area contributed by atoms with Crippen LogP contribution >= 0.6 is 0 Å². The lowest BCUT2D eigenvalue weighted by atomic mass is 9.99. The highest BCUT2D eigenvalue weighted by molar-refractivity contribution is 5.90. The summed E-state index contributed by atoms with van der Waals surface area (Å²) in [7, 11) is 1.68. The van der Waals surface area contributed by atoms with E-state index in [2.05, 4.69) is 46.3 Å². The number of hydrogen-bond donors (Lipinski definition) is 0. The second kappa shape index (κ2) is 7.13. The van der Waals surface area contributed by atoms with E-state index in [0.29, 0.717) is 0 Å². The lowest BCUT2D eigenvalue weighted by Gasteiger charge is -2.29. The first-order chi connectivity index (χ1) is 13.8. The Morgan fingerprint density at radius 2 is 1.96 bits per heavy atom. The molecule has 1 aliphatic heterocycles. The van der Waals surface area contributed by atoms with Crippen molar-refractivity contribution >= 4 is 11.0 Å². The molecule has 0 radical (unpaired) electrons. The Bertz CT molecular complexity index is 1120. The Balaban J connectivity index is 1.50. The highest BCUT2D eigenvalue weighted by Gasteiger charge is 2.19. The molecule has 3 heterocycles. The summed E-state index contributed by atoms with van der Waals surface area (Å²) >= 11 is 0. The van der Waals surface area contributed by atoms with E-state index >= 15 is 0 Å². The van der Waals surface area contributed by atoms with Gasteiger partial charge in [0.15, 0.2) is 11.3 Å². The standard InChI is InChI=1S/C24H22N2O2/c1-27-22-9-8-20(16-26-12-10-17-5-2-3-6-19(17)15-26)21-13-23(28-24(21)22)18-7-4-11-25-14-18/h2-9,11,13-14H,10,12,15-16H2,1H3. The molecule has 140 valence electrons. The molecule has 2 aromatic heterocycles. The lowest BCUT2D eigenvalue weighted by molar-refractivity contribution is 0.246. The van der Waals surface area contributed by atoms with Gasteiger partial charge in [-0.25, -0.2) is 0 Å². The SMILES string of the molecule is COc1ccc(CN2CCc3ccccc3C2)c2cc(-c3cccnc3)oc12. The Morgan fingerprint density at radius 3 is 2.79 bits per heavy atom. The van der Waals surface area contributed by atoms with E-state index < -0.39 is 0 Å². The Kier molecular flexibility index (Phi) is 4.34. The number of methoxy groups -OCH3 is 1. The molecule has 5 rings (SSSR count). The number of nitrogens with zero attached hydrogens (tertiary/aromatic N) is 2. The number of pyridine rings is 1. The van der Waals surface area contributed by atoms with E-state index in [-0.39, 0.29) is 0 Å². The molecule has 28 heavy (non-hydrogen) atoms. The molecule has 2 aromatic carbocycles. The maximum Gasteiger partial charge on any atom is 0.176 e. The van der Waals surface area contributed by atoms with Gasteiger partial charge in [0.05, 0.1) is 7.11 Å². The highest BCUT2D eigenvalue weighted by atomic mass is 16.5. The number of furan rings is 1. The van der Waals surface area contributed by atoms with Gasteiger partial charge in [-0.15, -0.1) is 0 Å². The first-order valence-electron chi connectivity index (χ1n) is 9.61. The molecule has 0 atom stereocenters. The molecule has 0 amide bonds. The van der Waals surface area contributed by atoms with Crippen molar-refractivity contribution in [1.82, 2.24) is 9.88 Å². The van der Waals surface area contributed by atoms with Gasteiger partial charge in [0.25, 0.3) is 0 Å². The summed E-state index contributed by atoms with van der Waals surface area (Å²) in [6.07, 6.45) is 4.69. The minimum Gasteiger partial charge on any atom is -0.493 e. The maximum atomic E-state index is 6.18. The second-order valence-electron chi connectivity index (χ2n) is 7.25. The average Bonchev–Trinajstić information content (AvgIpc) is 3.21. The average molecular weight is 370 g/mol. The summed E-state index contributed by atoms with van der Waals surface area (Å²) in [5, 5.41) is 1.11. The largest absolute Gasteiger partial charge is 0.493 e. The van der Waals surface area contributed by atoms with Crippen LogP contribution in [0, 0.1) is 0 Å². The molecule has 4 nitrogen and oxygen atoms in total. The first-order valence-corrected chi connectivity index (χ1v) is 9.61. The predicted molar refractivity (Wildman–Crippen MR) is 110 cm³/mol. The molecular weight excluding hydrogens is 348 g/mol. The summed E-state index contributed by atoms with van der Waals surface area (Å²) < 4.78 is 11.7. The Hall–Kier alpha value is -3.11. The molecule has 0 unspecified atom stereocenters. The van der Waals surface area contributed by atoms with E-state index in [9.17, 15) is 0 Å². The fourth-order valence-corrected chi connectivity index (χ4v) is 4.03. The van der Waals surface area contributed by atoms with Gasteiger partial charge in [0.1, 0.15) is 5.76 Å². The number of rotatable bonds is 4. The van der Waals surface area contributed by atoms with Crippen molar-refractivity contribution in [3.63, 3.8) is 0 Å². The van der Waals surface area contributed by atoms with Gasteiger partial charge in [0, 0.05) is 43.0 Å². The van der Waals surface area contributed by atoms with E-state index in [1.54, 1.807) is 13.3 Å². The van der Waals surface area contributed by atoms with Crippen LogP contribution in [0.3, 0.4) is 0 Å². The number of aromatic nitrogens is 1. The van der Waals surface area contributed by atoms with E-state index in [4.69, 9.17) is 9.15 Å². The second-order valence-corrected chi connectivity index (χ2v) is 7.25. The van der Waals surface area contributed by atoms with Crippen LogP contribution in [0.1, 0.15) is 16.7 Å². The van der Waals surface area contributed by atoms with Gasteiger partial charge in [0.2, 0.25) is 0 Å². The number of fused-ring (bicyclic) bond motifs is 2. The maximum absolute atomic E-state index is 6.18. The molecule has 4 heteroatoms. The molecule has 0 aliphatic carbocycles. The molecule has 4 aromatic rings. The van der Waals surface area contributed by atoms with Crippen LogP contribution in [0.4, 0.5) is 0 Å². The van der Waals surface area contributed by atoms with Crippen LogP contribution in [0.2, 0.25) is 0 Å². The van der Waals surface area contributed by atoms with Crippen molar-refractivity contribution in [2.75, 3.05) is 13.7 Å². The quantitative estimate of drug-likeness (QED) is 0.503. The number of hydrogen-bond acceptors (Lipinski definition) is 4. The van der Waals surface area contributed by atoms with Gasteiger partial charge in [-0.05, 0) is 47.4 Å². The molecule has 0 fully saturated rings. The van der Waals surface area contributed by atoms with Crippen LogP contribution in [0.15, 0.2) is 71.4 Å². The van der Waals surface area contributed by atoms with Crippen molar-refractivity contribution in [1.29, 1.82) is 0 Å². The van der Waals surface area contributed by atoms with Crippen molar-refractivity contribution in [3.05, 3.63) is 83.7 Å². The minimum absolute atomic E-state index is 0.762. The number of ether oxygens (including phenoxy) is 1. The number of benzene rings is 2. The zero-order chi connectivity index (χ0) is 18.9. The normalized spacial score (nSPS) is 14.2. The van der Waals surface area contributed by atoms with E-state index in [0.717, 1.165) is 54.1 Å². The minimum atomic E-state index is 0.762. The zero-order valence-corrected chi connectivity index (χ0v) is 15.9. The van der Waals surface area contributed by atoms with Crippen LogP contribution < -0.4 is 4.74 Å².